The first kappa shape index (κ1) is 9.45. The van der Waals surface area contributed by atoms with Crippen LogP contribution >= 0.6 is 0 Å². The lowest BCUT2D eigenvalue weighted by atomic mass is 10.2. The molecule has 0 saturated heterocycles. The summed E-state index contributed by atoms with van der Waals surface area (Å²) in [6, 6.07) is 2.97. The molecule has 0 amide bonds. The minimum absolute atomic E-state index is 0.0277. The first-order valence-corrected chi connectivity index (χ1v) is 6.31. The Labute approximate surface area is 82.2 Å². The van der Waals surface area contributed by atoms with E-state index in [9.17, 15) is 13.2 Å². The van der Waals surface area contributed by atoms with Crippen molar-refractivity contribution in [3.8, 4) is 0 Å². The lowest BCUT2D eigenvalue weighted by Gasteiger charge is -1.94. The molecule has 1 fully saturated rings. The van der Waals surface area contributed by atoms with Crippen LogP contribution in [0.4, 0.5) is 0 Å². The van der Waals surface area contributed by atoms with E-state index in [1.165, 1.54) is 12.1 Å². The summed E-state index contributed by atoms with van der Waals surface area (Å²) >= 11 is 0. The van der Waals surface area contributed by atoms with Crippen molar-refractivity contribution in [2.45, 2.75) is 17.9 Å². The Morgan fingerprint density at radius 2 is 2.07 bits per heavy atom. The van der Waals surface area contributed by atoms with Gasteiger partial charge < -0.3 is 4.98 Å². The van der Waals surface area contributed by atoms with Crippen LogP contribution < -0.4 is 0 Å². The SMILES string of the molecule is CS(=O)(=O)c1ccc(C(=O)C2CC2)[nH]1. The molecular weight excluding hydrogens is 202 g/mol. The van der Waals surface area contributed by atoms with Crippen molar-refractivity contribution < 1.29 is 13.2 Å². The van der Waals surface area contributed by atoms with Gasteiger partial charge in [-0.05, 0) is 25.0 Å². The first-order chi connectivity index (χ1) is 6.48. The molecule has 2 rings (SSSR count). The number of carbonyl (C=O) groups excluding carboxylic acids is 1. The molecule has 76 valence electrons. The summed E-state index contributed by atoms with van der Waals surface area (Å²) in [6.07, 6.45) is 2.96. The van der Waals surface area contributed by atoms with Crippen LogP contribution in [0.1, 0.15) is 23.3 Å². The summed E-state index contributed by atoms with van der Waals surface area (Å²) < 4.78 is 22.2. The molecule has 1 aliphatic carbocycles. The third-order valence-corrected chi connectivity index (χ3v) is 3.31. The zero-order valence-corrected chi connectivity index (χ0v) is 8.60. The summed E-state index contributed by atoms with van der Waals surface area (Å²) in [5.74, 6) is 0.140. The molecule has 1 saturated carbocycles. The smallest absolute Gasteiger partial charge is 0.190 e. The summed E-state index contributed by atoms with van der Waals surface area (Å²) in [5.41, 5.74) is 0.410. The maximum Gasteiger partial charge on any atom is 0.190 e. The van der Waals surface area contributed by atoms with Gasteiger partial charge in [0, 0.05) is 12.2 Å². The summed E-state index contributed by atoms with van der Waals surface area (Å²) in [5, 5.41) is 0.113. The van der Waals surface area contributed by atoms with E-state index in [2.05, 4.69) is 4.98 Å². The summed E-state index contributed by atoms with van der Waals surface area (Å²) in [4.78, 5) is 14.2. The second kappa shape index (κ2) is 2.95. The average Bonchev–Trinajstić information content (AvgIpc) is 2.79. The number of aromatic nitrogens is 1. The number of ketones is 1. The van der Waals surface area contributed by atoms with Gasteiger partial charge in [-0.25, -0.2) is 8.42 Å². The zero-order valence-electron chi connectivity index (χ0n) is 7.78. The molecule has 0 radical (unpaired) electrons. The number of hydrogen-bond acceptors (Lipinski definition) is 3. The van der Waals surface area contributed by atoms with Crippen molar-refractivity contribution >= 4 is 15.6 Å². The van der Waals surface area contributed by atoms with Gasteiger partial charge in [0.1, 0.15) is 5.03 Å². The third-order valence-electron chi connectivity index (χ3n) is 2.27. The van der Waals surface area contributed by atoms with Crippen LogP contribution in [0, 0.1) is 5.92 Å². The molecule has 0 atom stereocenters. The average molecular weight is 213 g/mol. The highest BCUT2D eigenvalue weighted by Crippen LogP contribution is 2.32. The standard InChI is InChI=1S/C9H11NO3S/c1-14(12,13)8-5-4-7(10-8)9(11)6-2-3-6/h4-6,10H,2-3H2,1H3. The topological polar surface area (TPSA) is 67.0 Å². The van der Waals surface area contributed by atoms with Gasteiger partial charge in [0.15, 0.2) is 15.6 Å². The molecule has 0 aliphatic heterocycles. The van der Waals surface area contributed by atoms with Crippen LogP contribution in [-0.4, -0.2) is 25.4 Å². The van der Waals surface area contributed by atoms with E-state index < -0.39 is 9.84 Å². The Balaban J connectivity index is 2.29. The molecule has 14 heavy (non-hydrogen) atoms. The van der Waals surface area contributed by atoms with Crippen molar-refractivity contribution in [2.24, 2.45) is 5.92 Å². The van der Waals surface area contributed by atoms with Crippen molar-refractivity contribution in [3.63, 3.8) is 0 Å². The Morgan fingerprint density at radius 3 is 2.50 bits per heavy atom. The van der Waals surface area contributed by atoms with Crippen LogP contribution in [0.25, 0.3) is 0 Å². The number of rotatable bonds is 3. The highest BCUT2D eigenvalue weighted by atomic mass is 32.2. The second-order valence-corrected chi connectivity index (χ2v) is 5.63. The van der Waals surface area contributed by atoms with Crippen LogP contribution in [0.15, 0.2) is 17.2 Å². The zero-order chi connectivity index (χ0) is 10.3. The van der Waals surface area contributed by atoms with E-state index in [4.69, 9.17) is 0 Å². The molecule has 1 heterocycles. The molecule has 1 aromatic rings. The Hall–Kier alpha value is -1.10. The maximum absolute atomic E-state index is 11.5. The lowest BCUT2D eigenvalue weighted by molar-refractivity contribution is 0.0963. The van der Waals surface area contributed by atoms with Crippen LogP contribution in [0.2, 0.25) is 0 Å². The fraction of sp³-hybridized carbons (Fsp3) is 0.444. The van der Waals surface area contributed by atoms with E-state index in [0.29, 0.717) is 5.69 Å². The summed E-state index contributed by atoms with van der Waals surface area (Å²) in [6.45, 7) is 0. The quantitative estimate of drug-likeness (QED) is 0.762. The number of aromatic amines is 1. The van der Waals surface area contributed by atoms with Gasteiger partial charge in [-0.3, -0.25) is 4.79 Å². The predicted octanol–water partition coefficient (Wildman–Crippen LogP) is 1.01. The molecule has 5 heteroatoms. The number of Topliss-reactive ketones (excluding diaryl/α,β-unsaturated/α-hetero) is 1. The van der Waals surface area contributed by atoms with Gasteiger partial charge >= 0.3 is 0 Å². The van der Waals surface area contributed by atoms with Gasteiger partial charge in [-0.15, -0.1) is 0 Å². The minimum atomic E-state index is -3.23. The van der Waals surface area contributed by atoms with Gasteiger partial charge in [0.05, 0.1) is 5.69 Å². The molecule has 1 N–H and O–H groups in total. The van der Waals surface area contributed by atoms with Crippen LogP contribution in [0.3, 0.4) is 0 Å². The number of nitrogens with one attached hydrogen (secondary N) is 1. The Bertz CT molecular complexity index is 468. The molecule has 4 nitrogen and oxygen atoms in total. The van der Waals surface area contributed by atoms with E-state index in [1.807, 2.05) is 0 Å². The maximum atomic E-state index is 11.5. The van der Waals surface area contributed by atoms with Crippen molar-refractivity contribution in [1.82, 2.24) is 4.98 Å². The highest BCUT2D eigenvalue weighted by molar-refractivity contribution is 7.90. The largest absolute Gasteiger partial charge is 0.343 e. The summed E-state index contributed by atoms with van der Waals surface area (Å²) in [7, 11) is -3.23. The Morgan fingerprint density at radius 1 is 1.43 bits per heavy atom. The highest BCUT2D eigenvalue weighted by Gasteiger charge is 2.31. The van der Waals surface area contributed by atoms with Gasteiger partial charge in [-0.2, -0.15) is 0 Å². The molecule has 1 aromatic heterocycles. The molecule has 0 aromatic carbocycles. The third kappa shape index (κ3) is 1.72. The first-order valence-electron chi connectivity index (χ1n) is 4.42. The fourth-order valence-corrected chi connectivity index (χ4v) is 1.91. The molecule has 0 spiro atoms. The number of H-pyrrole nitrogens is 1. The van der Waals surface area contributed by atoms with Gasteiger partial charge in [-0.1, -0.05) is 0 Å². The molecule has 0 bridgehead atoms. The van der Waals surface area contributed by atoms with Gasteiger partial charge in [0.2, 0.25) is 0 Å². The monoisotopic (exact) mass is 213 g/mol. The Kier molecular flexibility index (Phi) is 1.99. The normalized spacial score (nSPS) is 16.9. The van der Waals surface area contributed by atoms with Crippen molar-refractivity contribution in [3.05, 3.63) is 17.8 Å². The fourth-order valence-electron chi connectivity index (χ4n) is 1.30. The number of sulfone groups is 1. The lowest BCUT2D eigenvalue weighted by Crippen LogP contribution is -2.03. The predicted molar refractivity (Wildman–Crippen MR) is 51.0 cm³/mol. The van der Waals surface area contributed by atoms with Crippen molar-refractivity contribution in [2.75, 3.05) is 6.26 Å². The molecule has 1 aliphatic rings. The van der Waals surface area contributed by atoms with E-state index in [-0.39, 0.29) is 16.7 Å². The molecule has 0 unspecified atom stereocenters. The second-order valence-electron chi connectivity index (χ2n) is 3.65. The van der Waals surface area contributed by atoms with Crippen LogP contribution in [-0.2, 0) is 9.84 Å². The van der Waals surface area contributed by atoms with E-state index in [1.54, 1.807) is 0 Å². The number of carbonyl (C=O) groups is 1. The van der Waals surface area contributed by atoms with Gasteiger partial charge in [0.25, 0.3) is 0 Å². The van der Waals surface area contributed by atoms with Crippen molar-refractivity contribution in [1.29, 1.82) is 0 Å². The molecular formula is C9H11NO3S. The minimum Gasteiger partial charge on any atom is -0.343 e. The van der Waals surface area contributed by atoms with E-state index >= 15 is 0 Å². The van der Waals surface area contributed by atoms with E-state index in [0.717, 1.165) is 19.1 Å². The van der Waals surface area contributed by atoms with Crippen LogP contribution in [0.5, 0.6) is 0 Å². The number of hydrogen-bond donors (Lipinski definition) is 1.